The van der Waals surface area contributed by atoms with Crippen LogP contribution in [0.5, 0.6) is 0 Å². The van der Waals surface area contributed by atoms with Crippen molar-refractivity contribution in [2.75, 3.05) is 18.1 Å². The molecule has 16 heavy (non-hydrogen) atoms. The molecule has 4 N–H and O–H groups in total. The van der Waals surface area contributed by atoms with Crippen LogP contribution in [-0.2, 0) is 9.59 Å². The molecule has 1 fully saturated rings. The number of carbonyl (C=O) groups is 2. The molecule has 0 radical (unpaired) electrons. The van der Waals surface area contributed by atoms with E-state index in [1.54, 1.807) is 16.7 Å². The highest BCUT2D eigenvalue weighted by molar-refractivity contribution is 7.99. The van der Waals surface area contributed by atoms with Crippen molar-refractivity contribution in [3.63, 3.8) is 0 Å². The predicted molar refractivity (Wildman–Crippen MR) is 63.9 cm³/mol. The molecule has 6 nitrogen and oxygen atoms in total. The van der Waals surface area contributed by atoms with E-state index in [1.807, 2.05) is 0 Å². The lowest BCUT2D eigenvalue weighted by molar-refractivity contribution is -0.135. The third kappa shape index (κ3) is 3.41. The Hall–Kier alpha value is -1.24. The predicted octanol–water partition coefficient (Wildman–Crippen LogP) is -0.860. The van der Waals surface area contributed by atoms with Gasteiger partial charge in [0.15, 0.2) is 0 Å². The third-order valence-electron chi connectivity index (χ3n) is 2.40. The molecule has 0 saturated carbocycles. The minimum atomic E-state index is -0.303. The second-order valence-corrected chi connectivity index (χ2v) is 4.64. The molecular weight excluding hydrogens is 228 g/mol. The number of aldehydes is 1. The first-order chi connectivity index (χ1) is 7.69. The van der Waals surface area contributed by atoms with Gasteiger partial charge in [-0.25, -0.2) is 0 Å². The maximum atomic E-state index is 11.8. The lowest BCUT2D eigenvalue weighted by Crippen LogP contribution is -2.47. The van der Waals surface area contributed by atoms with Crippen molar-refractivity contribution < 1.29 is 9.59 Å². The van der Waals surface area contributed by atoms with Crippen LogP contribution in [0.3, 0.4) is 0 Å². The number of hydrogen-bond donors (Lipinski definition) is 2. The molecule has 1 amide bonds. The molecule has 0 aliphatic carbocycles. The van der Waals surface area contributed by atoms with Gasteiger partial charge in [0, 0.05) is 30.9 Å². The van der Waals surface area contributed by atoms with Gasteiger partial charge in [0.2, 0.25) is 5.91 Å². The number of hydrogen-bond acceptors (Lipinski definition) is 5. The molecule has 1 atom stereocenters. The molecule has 1 rings (SSSR count). The van der Waals surface area contributed by atoms with Crippen molar-refractivity contribution in [1.29, 1.82) is 0 Å². The standard InChI is InChI=1S/C9H16N4O2S/c10-8(12-11)1-2-9(15)13-3-4-16-6-7(13)5-14/h5,7H,1-4,6,11H2,(H2,10,12). The Labute approximate surface area is 98.4 Å². The monoisotopic (exact) mass is 244 g/mol. The van der Waals surface area contributed by atoms with Crippen molar-refractivity contribution in [2.24, 2.45) is 16.7 Å². The minimum absolute atomic E-state index is 0.0657. The van der Waals surface area contributed by atoms with Crippen molar-refractivity contribution in [3.8, 4) is 0 Å². The van der Waals surface area contributed by atoms with Gasteiger partial charge in [-0.2, -0.15) is 16.9 Å². The average Bonchev–Trinajstić information content (AvgIpc) is 2.35. The summed E-state index contributed by atoms with van der Waals surface area (Å²) in [6.45, 7) is 0.618. The molecule has 1 aliphatic rings. The number of nitrogens with zero attached hydrogens (tertiary/aromatic N) is 2. The van der Waals surface area contributed by atoms with Crippen LogP contribution >= 0.6 is 11.8 Å². The third-order valence-corrected chi connectivity index (χ3v) is 3.45. The highest BCUT2D eigenvalue weighted by atomic mass is 32.2. The van der Waals surface area contributed by atoms with Gasteiger partial charge in [0.05, 0.1) is 6.04 Å². The summed E-state index contributed by atoms with van der Waals surface area (Å²) in [7, 11) is 0. The van der Waals surface area contributed by atoms with Gasteiger partial charge >= 0.3 is 0 Å². The van der Waals surface area contributed by atoms with Gasteiger partial charge in [0.1, 0.15) is 12.1 Å². The molecule has 1 saturated heterocycles. The summed E-state index contributed by atoms with van der Waals surface area (Å²) in [5.41, 5.74) is 5.40. The first kappa shape index (κ1) is 12.8. The zero-order valence-electron chi connectivity index (χ0n) is 8.96. The largest absolute Gasteiger partial charge is 0.386 e. The first-order valence-electron chi connectivity index (χ1n) is 5.03. The zero-order chi connectivity index (χ0) is 12.0. The molecular formula is C9H16N4O2S. The lowest BCUT2D eigenvalue weighted by atomic mass is 10.2. The van der Waals surface area contributed by atoms with Gasteiger partial charge in [-0.15, -0.1) is 0 Å². The Bertz CT molecular complexity index is 295. The summed E-state index contributed by atoms with van der Waals surface area (Å²) in [5.74, 6) is 6.70. The lowest BCUT2D eigenvalue weighted by Gasteiger charge is -2.32. The fraction of sp³-hybridized carbons (Fsp3) is 0.667. The zero-order valence-corrected chi connectivity index (χ0v) is 9.78. The number of thioether (sulfide) groups is 1. The maximum absolute atomic E-state index is 11.8. The molecule has 90 valence electrons. The Morgan fingerprint density at radius 1 is 1.56 bits per heavy atom. The highest BCUT2D eigenvalue weighted by Gasteiger charge is 2.26. The molecule has 0 aromatic carbocycles. The van der Waals surface area contributed by atoms with Crippen LogP contribution in [0.25, 0.3) is 0 Å². The van der Waals surface area contributed by atoms with Crippen LogP contribution < -0.4 is 11.6 Å². The van der Waals surface area contributed by atoms with E-state index in [-0.39, 0.29) is 24.2 Å². The summed E-state index contributed by atoms with van der Waals surface area (Å²) in [6.07, 6.45) is 1.41. The smallest absolute Gasteiger partial charge is 0.223 e. The molecule has 0 bridgehead atoms. The van der Waals surface area contributed by atoms with Crippen LogP contribution in [0.1, 0.15) is 12.8 Å². The van der Waals surface area contributed by atoms with Crippen molar-refractivity contribution >= 4 is 29.8 Å². The quantitative estimate of drug-likeness (QED) is 0.220. The van der Waals surface area contributed by atoms with E-state index in [0.717, 1.165) is 12.0 Å². The fourth-order valence-electron chi connectivity index (χ4n) is 1.49. The molecule has 1 unspecified atom stereocenters. The van der Waals surface area contributed by atoms with E-state index >= 15 is 0 Å². The SMILES string of the molecule is N/N=C(\N)CCC(=O)N1CCSCC1C=O. The molecule has 7 heteroatoms. The number of carbonyl (C=O) groups excluding carboxylic acids is 2. The number of nitrogens with two attached hydrogens (primary N) is 2. The summed E-state index contributed by atoms with van der Waals surface area (Å²) in [4.78, 5) is 24.2. The van der Waals surface area contributed by atoms with Crippen LogP contribution in [-0.4, -0.2) is 47.0 Å². The summed E-state index contributed by atoms with van der Waals surface area (Å²) in [6, 6.07) is -0.303. The van der Waals surface area contributed by atoms with Crippen molar-refractivity contribution in [3.05, 3.63) is 0 Å². The van der Waals surface area contributed by atoms with Gasteiger partial charge in [-0.3, -0.25) is 4.79 Å². The van der Waals surface area contributed by atoms with Gasteiger partial charge in [-0.05, 0) is 0 Å². The molecule has 1 aliphatic heterocycles. The topological polar surface area (TPSA) is 102 Å². The van der Waals surface area contributed by atoms with Gasteiger partial charge in [-0.1, -0.05) is 0 Å². The highest BCUT2D eigenvalue weighted by Crippen LogP contribution is 2.16. The normalized spacial score (nSPS) is 21.9. The summed E-state index contributed by atoms with van der Waals surface area (Å²) in [5, 5.41) is 3.29. The van der Waals surface area contributed by atoms with Crippen molar-refractivity contribution in [1.82, 2.24) is 4.90 Å². The molecule has 0 aromatic heterocycles. The van der Waals surface area contributed by atoms with Gasteiger partial charge < -0.3 is 21.3 Å². The second kappa shape index (κ2) is 6.37. The Morgan fingerprint density at radius 3 is 2.94 bits per heavy atom. The Kier molecular flexibility index (Phi) is 5.10. The molecule has 1 heterocycles. The Balaban J connectivity index is 2.48. The van der Waals surface area contributed by atoms with E-state index in [1.165, 1.54) is 0 Å². The minimum Gasteiger partial charge on any atom is -0.386 e. The number of rotatable bonds is 4. The number of amides is 1. The van der Waals surface area contributed by atoms with E-state index in [4.69, 9.17) is 11.6 Å². The maximum Gasteiger partial charge on any atom is 0.223 e. The summed E-state index contributed by atoms with van der Waals surface area (Å²) >= 11 is 1.68. The average molecular weight is 244 g/mol. The number of amidine groups is 1. The Morgan fingerprint density at radius 2 is 2.31 bits per heavy atom. The fourth-order valence-corrected chi connectivity index (χ4v) is 2.48. The van der Waals surface area contributed by atoms with Crippen LogP contribution in [0, 0.1) is 0 Å². The molecule has 0 spiro atoms. The number of hydrazone groups is 1. The van der Waals surface area contributed by atoms with E-state index in [2.05, 4.69) is 5.10 Å². The van der Waals surface area contributed by atoms with Crippen LogP contribution in [0.4, 0.5) is 0 Å². The van der Waals surface area contributed by atoms with Crippen LogP contribution in [0.15, 0.2) is 5.10 Å². The first-order valence-corrected chi connectivity index (χ1v) is 6.19. The van der Waals surface area contributed by atoms with Gasteiger partial charge in [0.25, 0.3) is 0 Å². The van der Waals surface area contributed by atoms with E-state index in [0.29, 0.717) is 18.7 Å². The van der Waals surface area contributed by atoms with Crippen molar-refractivity contribution in [2.45, 2.75) is 18.9 Å². The van der Waals surface area contributed by atoms with E-state index < -0.39 is 0 Å². The van der Waals surface area contributed by atoms with E-state index in [9.17, 15) is 9.59 Å². The van der Waals surface area contributed by atoms with Crippen LogP contribution in [0.2, 0.25) is 0 Å². The second-order valence-electron chi connectivity index (χ2n) is 3.49. The summed E-state index contributed by atoms with van der Waals surface area (Å²) < 4.78 is 0. The molecule has 0 aromatic rings.